The Morgan fingerprint density at radius 2 is 1.75 bits per heavy atom. The first kappa shape index (κ1) is 26.5. The molecule has 0 aliphatic carbocycles. The number of aromatic amines is 1. The Balaban J connectivity index is 2.20. The lowest BCUT2D eigenvalue weighted by Crippen LogP contribution is -2.28. The van der Waals surface area contributed by atoms with E-state index in [4.69, 9.17) is 4.74 Å². The zero-order chi connectivity index (χ0) is 26.8. The maximum absolute atomic E-state index is 12.4. The third kappa shape index (κ3) is 6.11. The van der Waals surface area contributed by atoms with E-state index in [-0.39, 0.29) is 16.7 Å². The van der Waals surface area contributed by atoms with Crippen molar-refractivity contribution < 1.29 is 23.1 Å². The van der Waals surface area contributed by atoms with E-state index in [2.05, 4.69) is 9.71 Å². The number of sulfonamides is 1. The molecule has 3 N–H and O–H groups in total. The summed E-state index contributed by atoms with van der Waals surface area (Å²) in [5.41, 5.74) is 0.656. The van der Waals surface area contributed by atoms with Crippen molar-refractivity contribution in [1.82, 2.24) is 9.55 Å². The molecule has 0 aliphatic rings. The number of ether oxygens (including phenoxy) is 1. The van der Waals surface area contributed by atoms with Gasteiger partial charge in [0, 0.05) is 29.1 Å². The third-order valence-electron chi connectivity index (χ3n) is 5.25. The van der Waals surface area contributed by atoms with Crippen LogP contribution in [0.1, 0.15) is 47.8 Å². The number of aromatic nitrogens is 2. The van der Waals surface area contributed by atoms with Crippen LogP contribution >= 0.6 is 0 Å². The van der Waals surface area contributed by atoms with Crippen LogP contribution in [0.4, 0.5) is 5.69 Å². The molecule has 0 bridgehead atoms. The second-order valence-corrected chi connectivity index (χ2v) is 10.9. The van der Waals surface area contributed by atoms with Crippen LogP contribution in [0.5, 0.6) is 5.75 Å². The van der Waals surface area contributed by atoms with E-state index in [1.807, 2.05) is 20.8 Å². The van der Waals surface area contributed by atoms with Gasteiger partial charge in [-0.05, 0) is 35.2 Å². The number of benzene rings is 2. The lowest BCUT2D eigenvalue weighted by molar-refractivity contribution is 0.0696. The fraction of sp³-hybridized carbons (Fsp3) is 0.240. The number of anilines is 1. The molecule has 11 heteroatoms. The van der Waals surface area contributed by atoms with E-state index in [9.17, 15) is 27.9 Å². The summed E-state index contributed by atoms with van der Waals surface area (Å²) in [7, 11) is -2.06. The zero-order valence-corrected chi connectivity index (χ0v) is 21.3. The van der Waals surface area contributed by atoms with Crippen LogP contribution in [0, 0.1) is 0 Å². The smallest absolute Gasteiger partial charge is 0.336 e. The predicted molar refractivity (Wildman–Crippen MR) is 139 cm³/mol. The normalized spacial score (nSPS) is 12.0. The minimum atomic E-state index is -3.58. The second kappa shape index (κ2) is 9.86. The van der Waals surface area contributed by atoms with Gasteiger partial charge in [-0.15, -0.1) is 0 Å². The number of rotatable bonds is 7. The van der Waals surface area contributed by atoms with Gasteiger partial charge >= 0.3 is 11.7 Å². The highest BCUT2D eigenvalue weighted by Gasteiger charge is 2.23. The Hall–Kier alpha value is -4.12. The van der Waals surface area contributed by atoms with E-state index in [1.165, 1.54) is 42.1 Å². The van der Waals surface area contributed by atoms with E-state index in [0.717, 1.165) is 11.8 Å². The molecule has 36 heavy (non-hydrogen) atoms. The Morgan fingerprint density at radius 1 is 1.08 bits per heavy atom. The predicted octanol–water partition coefficient (Wildman–Crippen LogP) is 3.07. The van der Waals surface area contributed by atoms with Crippen LogP contribution in [0.25, 0.3) is 17.8 Å². The molecule has 0 amide bonds. The summed E-state index contributed by atoms with van der Waals surface area (Å²) in [4.78, 5) is 38.1. The Bertz CT molecular complexity index is 1580. The minimum Gasteiger partial charge on any atom is -0.496 e. The number of methoxy groups -OCH3 is 1. The van der Waals surface area contributed by atoms with Crippen molar-refractivity contribution in [2.75, 3.05) is 18.1 Å². The van der Waals surface area contributed by atoms with Gasteiger partial charge in [0.05, 0.1) is 24.6 Å². The number of carbonyl (C=O) groups is 1. The number of nitrogens with zero attached hydrogens (tertiary/aromatic N) is 1. The summed E-state index contributed by atoms with van der Waals surface area (Å²) in [6, 6.07) is 8.90. The summed E-state index contributed by atoms with van der Waals surface area (Å²) in [6.07, 6.45) is 5.57. The Kier molecular flexibility index (Phi) is 7.25. The van der Waals surface area contributed by atoms with Gasteiger partial charge in [-0.3, -0.25) is 19.1 Å². The molecule has 0 fully saturated rings. The largest absolute Gasteiger partial charge is 0.496 e. The number of hydrogen-bond donors (Lipinski definition) is 3. The van der Waals surface area contributed by atoms with Gasteiger partial charge in [0.15, 0.2) is 0 Å². The van der Waals surface area contributed by atoms with Crippen LogP contribution in [-0.2, 0) is 15.4 Å². The average Bonchev–Trinajstić information content (AvgIpc) is 2.75. The molecule has 10 nitrogen and oxygen atoms in total. The van der Waals surface area contributed by atoms with Gasteiger partial charge in [0.25, 0.3) is 5.56 Å². The minimum absolute atomic E-state index is 0.108. The molecule has 3 aromatic rings. The van der Waals surface area contributed by atoms with E-state index < -0.39 is 27.2 Å². The number of hydrogen-bond acceptors (Lipinski definition) is 6. The molecule has 0 saturated heterocycles. The highest BCUT2D eigenvalue weighted by molar-refractivity contribution is 7.92. The molecule has 3 rings (SSSR count). The topological polar surface area (TPSA) is 148 Å². The first-order valence-corrected chi connectivity index (χ1v) is 12.7. The van der Waals surface area contributed by atoms with Crippen LogP contribution in [0.2, 0.25) is 0 Å². The molecule has 0 atom stereocenters. The van der Waals surface area contributed by atoms with Crippen molar-refractivity contribution in [3.05, 3.63) is 85.7 Å². The van der Waals surface area contributed by atoms with Gasteiger partial charge in [0.2, 0.25) is 10.0 Å². The van der Waals surface area contributed by atoms with Crippen molar-refractivity contribution in [2.24, 2.45) is 0 Å². The van der Waals surface area contributed by atoms with Crippen molar-refractivity contribution in [3.8, 4) is 11.4 Å². The molecular formula is C25H27N3O7S. The molecular weight excluding hydrogens is 486 g/mol. The highest BCUT2D eigenvalue weighted by Crippen LogP contribution is 2.37. The number of aromatic carboxylic acids is 1. The van der Waals surface area contributed by atoms with Gasteiger partial charge in [-0.1, -0.05) is 39.0 Å². The molecule has 0 spiro atoms. The van der Waals surface area contributed by atoms with Gasteiger partial charge in [-0.2, -0.15) is 0 Å². The Morgan fingerprint density at radius 3 is 2.31 bits per heavy atom. The molecule has 0 unspecified atom stereocenters. The molecule has 0 saturated carbocycles. The number of carboxylic acid groups (broad SMARTS) is 1. The summed E-state index contributed by atoms with van der Waals surface area (Å²) < 4.78 is 32.3. The van der Waals surface area contributed by atoms with Crippen molar-refractivity contribution in [1.29, 1.82) is 0 Å². The average molecular weight is 514 g/mol. The lowest BCUT2D eigenvalue weighted by atomic mass is 9.84. The molecule has 1 aromatic heterocycles. The van der Waals surface area contributed by atoms with Crippen molar-refractivity contribution in [2.45, 2.75) is 26.2 Å². The van der Waals surface area contributed by atoms with Gasteiger partial charge in [0.1, 0.15) is 5.75 Å². The molecule has 1 heterocycles. The van der Waals surface area contributed by atoms with Crippen molar-refractivity contribution >= 4 is 33.8 Å². The summed E-state index contributed by atoms with van der Waals surface area (Å²) >= 11 is 0. The molecule has 190 valence electrons. The quantitative estimate of drug-likeness (QED) is 0.411. The van der Waals surface area contributed by atoms with Crippen LogP contribution in [0.15, 0.2) is 52.2 Å². The molecule has 2 aromatic carbocycles. The first-order chi connectivity index (χ1) is 16.7. The number of H-pyrrole nitrogens is 1. The van der Waals surface area contributed by atoms with E-state index in [1.54, 1.807) is 24.3 Å². The van der Waals surface area contributed by atoms with E-state index in [0.29, 0.717) is 22.6 Å². The lowest BCUT2D eigenvalue weighted by Gasteiger charge is -2.25. The molecule has 0 radical (unpaired) electrons. The maximum atomic E-state index is 12.4. The summed E-state index contributed by atoms with van der Waals surface area (Å²) in [6.45, 7) is 5.94. The highest BCUT2D eigenvalue weighted by atomic mass is 32.2. The number of nitrogens with one attached hydrogen (secondary N) is 2. The van der Waals surface area contributed by atoms with Crippen LogP contribution < -0.4 is 20.7 Å². The number of carboxylic acids is 1. The summed E-state index contributed by atoms with van der Waals surface area (Å²) in [5, 5.41) is 9.68. The van der Waals surface area contributed by atoms with Crippen molar-refractivity contribution in [3.63, 3.8) is 0 Å². The SMILES string of the molecule is COc1c(C=Cc2ccc(NS(C)(=O)=O)cc2C(=O)O)cc(-n2ccc(=O)[nH]c2=O)cc1C(C)(C)C. The van der Waals surface area contributed by atoms with E-state index >= 15 is 0 Å². The monoisotopic (exact) mass is 513 g/mol. The maximum Gasteiger partial charge on any atom is 0.336 e. The third-order valence-corrected chi connectivity index (χ3v) is 5.85. The standard InChI is InChI=1S/C25H27N3O7S/c1-25(2,3)20-14-18(28-11-10-21(29)26-24(28)32)12-16(22(20)35-4)7-6-15-8-9-17(27-36(5,33)34)13-19(15)23(30)31/h6-14,27H,1-5H3,(H,30,31)(H,26,29,32). The van der Waals surface area contributed by atoms with Gasteiger partial charge < -0.3 is 9.84 Å². The van der Waals surface area contributed by atoms with Gasteiger partial charge in [-0.25, -0.2) is 18.0 Å². The van der Waals surface area contributed by atoms with Crippen LogP contribution in [0.3, 0.4) is 0 Å². The summed E-state index contributed by atoms with van der Waals surface area (Å²) in [5.74, 6) is -0.699. The fourth-order valence-corrected chi connectivity index (χ4v) is 4.20. The van der Waals surface area contributed by atoms with Crippen LogP contribution in [-0.4, -0.2) is 42.4 Å². The fourth-order valence-electron chi connectivity index (χ4n) is 3.65. The zero-order valence-electron chi connectivity index (χ0n) is 20.4. The molecule has 0 aliphatic heterocycles. The first-order valence-electron chi connectivity index (χ1n) is 10.8. The Labute approximate surface area is 207 Å². The second-order valence-electron chi connectivity index (χ2n) is 9.16.